The maximum atomic E-state index is 9.88. The van der Waals surface area contributed by atoms with Crippen molar-refractivity contribution in [3.05, 3.63) is 46.6 Å². The quantitative estimate of drug-likeness (QED) is 0.149. The molecular formula is C33H52IrN2O3S-2. The second-order valence-electron chi connectivity index (χ2n) is 11.8. The van der Waals surface area contributed by atoms with Crippen molar-refractivity contribution in [3.8, 4) is 0 Å². The van der Waals surface area contributed by atoms with Crippen LogP contribution in [0.1, 0.15) is 103 Å². The minimum absolute atomic E-state index is 0. The van der Waals surface area contributed by atoms with Crippen LogP contribution in [0.15, 0.2) is 39.8 Å². The summed E-state index contributed by atoms with van der Waals surface area (Å²) in [6.07, 6.45) is 14.0. The molecule has 0 aromatic rings. The van der Waals surface area contributed by atoms with E-state index < -0.39 is 13.0 Å². The Bertz CT molecular complexity index is 1050. The zero-order chi connectivity index (χ0) is 30.6. The van der Waals surface area contributed by atoms with Crippen molar-refractivity contribution in [2.45, 2.75) is 128 Å². The van der Waals surface area contributed by atoms with Gasteiger partial charge in [0.25, 0.3) is 0 Å². The van der Waals surface area contributed by atoms with Gasteiger partial charge in [-0.2, -0.15) is 17.3 Å². The van der Waals surface area contributed by atoms with E-state index in [9.17, 15) is 10.2 Å². The molecule has 0 aromatic carbocycles. The van der Waals surface area contributed by atoms with Crippen molar-refractivity contribution < 1.29 is 39.2 Å². The van der Waals surface area contributed by atoms with Gasteiger partial charge in [0.1, 0.15) is 0 Å². The number of hydrogen-bond acceptors (Lipinski definition) is 5. The smallest absolute Gasteiger partial charge is 0.171 e. The first-order valence-corrected chi connectivity index (χ1v) is 16.4. The molecule has 4 aliphatic heterocycles. The molecule has 1 aliphatic carbocycles. The van der Waals surface area contributed by atoms with E-state index in [1.807, 2.05) is 11.8 Å². The summed E-state index contributed by atoms with van der Waals surface area (Å²) in [4.78, 5) is 4.53. The molecule has 229 valence electrons. The summed E-state index contributed by atoms with van der Waals surface area (Å²) >= 11 is 2.04. The van der Waals surface area contributed by atoms with Gasteiger partial charge in [-0.1, -0.05) is 59.5 Å². The Balaban J connectivity index is 0.000000274. The average Bonchev–Trinajstić information content (AvgIpc) is 3.53. The number of rotatable bonds is 8. The molecule has 2 saturated heterocycles. The first kappa shape index (κ1) is 29.4. The monoisotopic (exact) mass is 752 g/mol. The molecule has 0 saturated carbocycles. The van der Waals surface area contributed by atoms with Crippen molar-refractivity contribution in [1.29, 1.82) is 0 Å². The van der Waals surface area contributed by atoms with Gasteiger partial charge in [0.15, 0.2) is 6.23 Å². The van der Waals surface area contributed by atoms with Crippen LogP contribution in [0, 0.1) is 30.1 Å². The fourth-order valence-electron chi connectivity index (χ4n) is 6.98. The Kier molecular flexibility index (Phi) is 11.5. The Labute approximate surface area is 265 Å². The molecule has 7 heteroatoms. The second-order valence-corrected chi connectivity index (χ2v) is 13.4. The predicted molar refractivity (Wildman–Crippen MR) is 165 cm³/mol. The molecule has 0 spiro atoms. The van der Waals surface area contributed by atoms with Gasteiger partial charge in [-0.05, 0) is 62.6 Å². The van der Waals surface area contributed by atoms with Crippen LogP contribution in [0.2, 0.25) is 0 Å². The molecule has 7 atom stereocenters. The molecule has 4 heterocycles. The van der Waals surface area contributed by atoms with Gasteiger partial charge in [0, 0.05) is 52.3 Å². The Morgan fingerprint density at radius 2 is 2.00 bits per heavy atom. The molecule has 0 amide bonds. The zero-order valence-corrected chi connectivity index (χ0v) is 28.1. The van der Waals surface area contributed by atoms with Crippen molar-refractivity contribution in [2.75, 3.05) is 6.54 Å². The van der Waals surface area contributed by atoms with E-state index in [1.54, 1.807) is 11.6 Å². The van der Waals surface area contributed by atoms with E-state index in [0.29, 0.717) is 40.2 Å². The molecule has 5 nitrogen and oxygen atoms in total. The molecule has 2 unspecified atom stereocenters. The van der Waals surface area contributed by atoms with E-state index in [-0.39, 0.29) is 44.2 Å². The SMILES string of the molecule is CCC(CC)/C(O)=C/[C@@H](O)C(CC)CC.[2H]C([2H])([2H])C1=NC2OC3=C([C@@H]4[N-]CC=C5C[C@H](C)S[C@@H]54)[CH-]CC[C@H]3C2CC1.[Ir]. The first-order chi connectivity index (χ1) is 20.0. The first-order valence-electron chi connectivity index (χ1n) is 16.9. The van der Waals surface area contributed by atoms with Gasteiger partial charge < -0.3 is 20.3 Å². The third kappa shape index (κ3) is 7.61. The molecule has 1 radical (unpaired) electrons. The summed E-state index contributed by atoms with van der Waals surface area (Å²) in [5, 5.41) is 25.8. The van der Waals surface area contributed by atoms with Crippen LogP contribution >= 0.6 is 11.8 Å². The third-order valence-electron chi connectivity index (χ3n) is 9.40. The molecule has 5 aliphatic rings. The summed E-state index contributed by atoms with van der Waals surface area (Å²) in [5.74, 6) is 2.60. The number of allylic oxidation sites excluding steroid dienone is 2. The molecule has 5 rings (SSSR count). The summed E-state index contributed by atoms with van der Waals surface area (Å²) in [7, 11) is 0. The maximum absolute atomic E-state index is 9.88. The van der Waals surface area contributed by atoms with Crippen LogP contribution in [-0.2, 0) is 24.8 Å². The molecule has 0 aromatic heterocycles. The van der Waals surface area contributed by atoms with Gasteiger partial charge >= 0.3 is 0 Å². The van der Waals surface area contributed by atoms with Crippen molar-refractivity contribution in [1.82, 2.24) is 0 Å². The van der Waals surface area contributed by atoms with E-state index >= 15 is 0 Å². The van der Waals surface area contributed by atoms with Crippen LogP contribution in [0.5, 0.6) is 0 Å². The standard InChI is InChI=1S/C20H26N2OS.C13H26O2.Ir/c1-11-6-7-15-14-4-3-5-16(18(14)23-20(15)22-11)17-19-13(8-9-21-17)10-12(2)24-19;1-5-10(6-2)12(14)9-13(15)11(7-3)8-4;/h5,8,12,14-15,17,19-20H,3-4,6-7,9-10H2,1-2H3;9-12,14-15H,5-8H2,1-4H3;/q-2;;/b;13-9-;/t12-,14-,15?,17-,19-,20?;12-;/m01./s1/i1D3;;. The number of aliphatic hydroxyl groups excluding tert-OH is 2. The maximum Gasteiger partial charge on any atom is 0.171 e. The van der Waals surface area contributed by atoms with E-state index in [2.05, 4.69) is 52.1 Å². The van der Waals surface area contributed by atoms with Crippen LogP contribution < -0.4 is 0 Å². The van der Waals surface area contributed by atoms with Crippen molar-refractivity contribution in [3.63, 3.8) is 0 Å². The normalized spacial score (nSPS) is 33.4. The third-order valence-corrected chi connectivity index (χ3v) is 10.9. The van der Waals surface area contributed by atoms with Gasteiger partial charge in [0.2, 0.25) is 0 Å². The fraction of sp³-hybridized carbons (Fsp3) is 0.758. The summed E-state index contributed by atoms with van der Waals surface area (Å²) < 4.78 is 29.4. The van der Waals surface area contributed by atoms with Gasteiger partial charge in [-0.25, -0.2) is 6.42 Å². The van der Waals surface area contributed by atoms with E-state index in [0.717, 1.165) is 57.2 Å². The minimum atomic E-state index is -2.10. The number of thioether (sulfide) groups is 1. The van der Waals surface area contributed by atoms with Crippen LogP contribution in [0.3, 0.4) is 0 Å². The number of hydrogen-bond donors (Lipinski definition) is 2. The molecule has 40 heavy (non-hydrogen) atoms. The molecule has 2 N–H and O–H groups in total. The summed E-state index contributed by atoms with van der Waals surface area (Å²) in [5.41, 5.74) is 3.15. The summed E-state index contributed by atoms with van der Waals surface area (Å²) in [6.45, 7) is 9.26. The summed E-state index contributed by atoms with van der Waals surface area (Å²) in [6, 6.07) is 0.184. The Morgan fingerprint density at radius 1 is 1.25 bits per heavy atom. The van der Waals surface area contributed by atoms with Gasteiger partial charge in [-0.15, -0.1) is 25.1 Å². The molecule has 2 fully saturated rings. The average molecular weight is 752 g/mol. The van der Waals surface area contributed by atoms with Crippen LogP contribution in [0.4, 0.5) is 0 Å². The minimum Gasteiger partial charge on any atom is -0.654 e. The van der Waals surface area contributed by atoms with E-state index in [4.69, 9.17) is 14.2 Å². The second kappa shape index (κ2) is 15.7. The Hall–Kier alpha value is -0.721. The van der Waals surface area contributed by atoms with Crippen molar-refractivity contribution in [2.24, 2.45) is 28.7 Å². The number of fused-ring (bicyclic) bond motifs is 4. The largest absolute Gasteiger partial charge is 0.654 e. The number of ether oxygens (including phenoxy) is 1. The topological polar surface area (TPSA) is 76.2 Å². The molecule has 0 bridgehead atoms. The van der Waals surface area contributed by atoms with Crippen LogP contribution in [0.25, 0.3) is 5.32 Å². The number of aliphatic hydroxyl groups is 2. The predicted octanol–water partition coefficient (Wildman–Crippen LogP) is 8.32. The Morgan fingerprint density at radius 3 is 2.67 bits per heavy atom. The van der Waals surface area contributed by atoms with Crippen molar-refractivity contribution >= 4 is 17.5 Å². The van der Waals surface area contributed by atoms with Gasteiger partial charge in [0.05, 0.1) is 11.9 Å². The van der Waals surface area contributed by atoms with E-state index in [1.165, 1.54) is 12.0 Å². The van der Waals surface area contributed by atoms with Crippen LogP contribution in [-0.4, -0.2) is 51.3 Å². The number of nitrogens with zero attached hydrogens (tertiary/aromatic N) is 2. The van der Waals surface area contributed by atoms with Gasteiger partial charge in [-0.3, -0.25) is 4.99 Å². The molecular weight excluding hydrogens is 697 g/mol. The zero-order valence-electron chi connectivity index (χ0n) is 27.9. The number of aliphatic imine (C=N–C) groups is 1. The fourth-order valence-corrected chi connectivity index (χ4v) is 8.51.